The van der Waals surface area contributed by atoms with Crippen LogP contribution in [-0.4, -0.2) is 51.5 Å². The quantitative estimate of drug-likeness (QED) is 0.417. The Bertz CT molecular complexity index is 1240. The molecule has 0 radical (unpaired) electrons. The van der Waals surface area contributed by atoms with Crippen LogP contribution in [-0.2, 0) is 6.54 Å². The van der Waals surface area contributed by atoms with E-state index in [1.165, 1.54) is 33.2 Å². The molecule has 0 bridgehead atoms. The normalized spacial score (nSPS) is 15.9. The fourth-order valence-electron chi connectivity index (χ4n) is 4.85. The van der Waals surface area contributed by atoms with Crippen molar-refractivity contribution in [2.75, 3.05) is 26.2 Å². The van der Waals surface area contributed by atoms with Crippen molar-refractivity contribution in [2.24, 2.45) is 0 Å². The summed E-state index contributed by atoms with van der Waals surface area (Å²) in [5, 5.41) is 1.17. The first-order valence-electron chi connectivity index (χ1n) is 12.0. The predicted octanol–water partition coefficient (Wildman–Crippen LogP) is 6.12. The van der Waals surface area contributed by atoms with Crippen LogP contribution in [0.1, 0.15) is 31.9 Å². The second kappa shape index (κ2) is 8.77. The maximum Gasteiger partial charge on any atom is 0.137 e. The van der Waals surface area contributed by atoms with Crippen LogP contribution >= 0.6 is 0 Å². The number of hydrogen-bond acceptors (Lipinski definition) is 3. The summed E-state index contributed by atoms with van der Waals surface area (Å²) in [6.45, 7) is 14.6. The van der Waals surface area contributed by atoms with Crippen LogP contribution in [0.5, 0.6) is 0 Å². The van der Waals surface area contributed by atoms with E-state index in [2.05, 4.69) is 103 Å². The molecule has 1 fully saturated rings. The van der Waals surface area contributed by atoms with E-state index in [1.54, 1.807) is 0 Å². The second-order valence-corrected chi connectivity index (χ2v) is 10.3. The van der Waals surface area contributed by atoms with Crippen LogP contribution in [0, 0.1) is 6.92 Å². The number of aryl methyl sites for hydroxylation is 1. The Hall–Kier alpha value is -2.95. The van der Waals surface area contributed by atoms with Crippen molar-refractivity contribution < 1.29 is 0 Å². The van der Waals surface area contributed by atoms with Crippen LogP contribution in [0.25, 0.3) is 33.3 Å². The predicted molar refractivity (Wildman–Crippen MR) is 138 cm³/mol. The molecule has 0 spiro atoms. The zero-order valence-electron chi connectivity index (χ0n) is 20.2. The van der Waals surface area contributed by atoms with Crippen LogP contribution in [0.15, 0.2) is 67.0 Å². The standard InChI is InChI=1S/C29H34N4/c1-21-6-5-7-24(16-21)27-19-31-28-26(27)17-25(18-30-28)23-10-8-22(9-11-23)20-32-12-14-33(15-13-32)29(2,3)4/h5-11,16-19H,12-15,20H2,1-4H3,(H,30,31). The summed E-state index contributed by atoms with van der Waals surface area (Å²) >= 11 is 0. The molecule has 0 unspecified atom stereocenters. The fourth-order valence-corrected chi connectivity index (χ4v) is 4.85. The van der Waals surface area contributed by atoms with E-state index in [1.807, 2.05) is 6.20 Å². The molecule has 1 N–H and O–H groups in total. The first-order valence-corrected chi connectivity index (χ1v) is 12.0. The molecular formula is C29H34N4. The highest BCUT2D eigenvalue weighted by Gasteiger charge is 2.25. The molecule has 33 heavy (non-hydrogen) atoms. The first-order chi connectivity index (χ1) is 15.9. The zero-order valence-corrected chi connectivity index (χ0v) is 20.2. The highest BCUT2D eigenvalue weighted by atomic mass is 15.3. The molecule has 2 aromatic carbocycles. The fraction of sp³-hybridized carbons (Fsp3) is 0.345. The smallest absolute Gasteiger partial charge is 0.137 e. The van der Waals surface area contributed by atoms with Crippen LogP contribution in [0.3, 0.4) is 0 Å². The lowest BCUT2D eigenvalue weighted by atomic mass is 10.0. The number of aromatic amines is 1. The number of benzene rings is 2. The summed E-state index contributed by atoms with van der Waals surface area (Å²) in [4.78, 5) is 13.2. The molecule has 1 saturated heterocycles. The molecule has 0 saturated carbocycles. The van der Waals surface area contributed by atoms with Gasteiger partial charge in [0, 0.05) is 67.2 Å². The molecule has 0 aliphatic carbocycles. The Morgan fingerprint density at radius 1 is 0.879 bits per heavy atom. The molecule has 0 atom stereocenters. The Kier molecular flexibility index (Phi) is 5.81. The van der Waals surface area contributed by atoms with Gasteiger partial charge in [0.05, 0.1) is 0 Å². The van der Waals surface area contributed by atoms with Crippen molar-refractivity contribution in [3.63, 3.8) is 0 Å². The molecule has 3 heterocycles. The maximum atomic E-state index is 4.70. The average Bonchev–Trinajstić information content (AvgIpc) is 3.23. The van der Waals surface area contributed by atoms with Crippen molar-refractivity contribution in [1.29, 1.82) is 0 Å². The van der Waals surface area contributed by atoms with Crippen molar-refractivity contribution in [3.8, 4) is 22.3 Å². The summed E-state index contributed by atoms with van der Waals surface area (Å²) in [6, 6.07) is 19.9. The number of aromatic nitrogens is 2. The van der Waals surface area contributed by atoms with Gasteiger partial charge in [-0.15, -0.1) is 0 Å². The minimum absolute atomic E-state index is 0.265. The van der Waals surface area contributed by atoms with E-state index in [-0.39, 0.29) is 5.54 Å². The lowest BCUT2D eigenvalue weighted by molar-refractivity contribution is 0.0591. The number of piperazine rings is 1. The lowest BCUT2D eigenvalue weighted by Crippen LogP contribution is -2.53. The molecule has 5 rings (SSSR count). The molecule has 4 heteroatoms. The van der Waals surface area contributed by atoms with Gasteiger partial charge in [0.15, 0.2) is 0 Å². The molecule has 4 nitrogen and oxygen atoms in total. The third-order valence-electron chi connectivity index (χ3n) is 6.87. The highest BCUT2D eigenvalue weighted by molar-refractivity contribution is 5.95. The topological polar surface area (TPSA) is 35.2 Å². The molecule has 0 amide bonds. The van der Waals surface area contributed by atoms with Gasteiger partial charge in [0.2, 0.25) is 0 Å². The Morgan fingerprint density at radius 2 is 1.64 bits per heavy atom. The Morgan fingerprint density at radius 3 is 2.33 bits per heavy atom. The molecule has 1 aliphatic rings. The second-order valence-electron chi connectivity index (χ2n) is 10.3. The third-order valence-corrected chi connectivity index (χ3v) is 6.87. The minimum Gasteiger partial charge on any atom is -0.346 e. The van der Waals surface area contributed by atoms with E-state index < -0.39 is 0 Å². The summed E-state index contributed by atoms with van der Waals surface area (Å²) in [5.74, 6) is 0. The molecule has 2 aromatic heterocycles. The monoisotopic (exact) mass is 438 g/mol. The van der Waals surface area contributed by atoms with Crippen LogP contribution in [0.4, 0.5) is 0 Å². The van der Waals surface area contributed by atoms with Crippen LogP contribution < -0.4 is 0 Å². The van der Waals surface area contributed by atoms with E-state index in [9.17, 15) is 0 Å². The zero-order chi connectivity index (χ0) is 23.0. The van der Waals surface area contributed by atoms with Crippen molar-refractivity contribution >= 4 is 11.0 Å². The number of nitrogens with zero attached hydrogens (tertiary/aromatic N) is 3. The van der Waals surface area contributed by atoms with E-state index in [0.29, 0.717) is 0 Å². The maximum absolute atomic E-state index is 4.70. The van der Waals surface area contributed by atoms with Gasteiger partial charge in [-0.1, -0.05) is 54.1 Å². The Balaban J connectivity index is 1.32. The molecular weight excluding hydrogens is 404 g/mol. The van der Waals surface area contributed by atoms with E-state index in [4.69, 9.17) is 4.98 Å². The van der Waals surface area contributed by atoms with E-state index in [0.717, 1.165) is 43.9 Å². The SMILES string of the molecule is Cc1cccc(-c2c[nH]c3ncc(-c4ccc(CN5CCN(C(C)(C)C)CC5)cc4)cc23)c1. The summed E-state index contributed by atoms with van der Waals surface area (Å²) < 4.78 is 0. The van der Waals surface area contributed by atoms with Gasteiger partial charge in [-0.05, 0) is 50.5 Å². The van der Waals surface area contributed by atoms with Gasteiger partial charge in [-0.2, -0.15) is 0 Å². The van der Waals surface area contributed by atoms with Gasteiger partial charge >= 0.3 is 0 Å². The van der Waals surface area contributed by atoms with Gasteiger partial charge in [0.1, 0.15) is 5.65 Å². The van der Waals surface area contributed by atoms with Gasteiger partial charge in [0.25, 0.3) is 0 Å². The van der Waals surface area contributed by atoms with Crippen molar-refractivity contribution in [2.45, 2.75) is 39.8 Å². The third kappa shape index (κ3) is 4.73. The average molecular weight is 439 g/mol. The highest BCUT2D eigenvalue weighted by Crippen LogP contribution is 2.31. The number of fused-ring (bicyclic) bond motifs is 1. The van der Waals surface area contributed by atoms with Gasteiger partial charge in [-0.3, -0.25) is 9.80 Å². The first kappa shape index (κ1) is 21.9. The number of nitrogens with one attached hydrogen (secondary N) is 1. The largest absolute Gasteiger partial charge is 0.346 e. The molecule has 170 valence electrons. The summed E-state index contributed by atoms with van der Waals surface area (Å²) in [7, 11) is 0. The van der Waals surface area contributed by atoms with Crippen molar-refractivity contribution in [1.82, 2.24) is 19.8 Å². The molecule has 4 aromatic rings. The lowest BCUT2D eigenvalue weighted by Gasteiger charge is -2.42. The van der Waals surface area contributed by atoms with E-state index >= 15 is 0 Å². The van der Waals surface area contributed by atoms with Gasteiger partial charge < -0.3 is 4.98 Å². The van der Waals surface area contributed by atoms with Crippen molar-refractivity contribution in [3.05, 3.63) is 78.1 Å². The van der Waals surface area contributed by atoms with Gasteiger partial charge in [-0.25, -0.2) is 4.98 Å². The minimum atomic E-state index is 0.265. The Labute approximate surface area is 197 Å². The number of pyridine rings is 1. The number of hydrogen-bond donors (Lipinski definition) is 1. The number of rotatable bonds is 4. The van der Waals surface area contributed by atoms with Crippen LogP contribution in [0.2, 0.25) is 0 Å². The number of H-pyrrole nitrogens is 1. The molecule has 1 aliphatic heterocycles. The summed E-state index contributed by atoms with van der Waals surface area (Å²) in [5.41, 5.74) is 8.63. The summed E-state index contributed by atoms with van der Waals surface area (Å²) in [6.07, 6.45) is 4.04.